The zero-order valence-electron chi connectivity index (χ0n) is 18.4. The molecule has 1 atom stereocenters. The molecule has 170 valence electrons. The molecule has 3 aromatic rings. The van der Waals surface area contributed by atoms with E-state index in [-0.39, 0.29) is 19.6 Å². The van der Waals surface area contributed by atoms with Crippen LogP contribution >= 0.6 is 0 Å². The number of hydrogen-bond donors (Lipinski definition) is 0. The lowest BCUT2D eigenvalue weighted by atomic mass is 9.83. The summed E-state index contributed by atoms with van der Waals surface area (Å²) in [7, 11) is 1.54. The van der Waals surface area contributed by atoms with Gasteiger partial charge in [0.15, 0.2) is 5.92 Å². The van der Waals surface area contributed by atoms with Crippen molar-refractivity contribution < 1.29 is 28.6 Å². The van der Waals surface area contributed by atoms with Crippen LogP contribution in [0.3, 0.4) is 0 Å². The highest BCUT2D eigenvalue weighted by Crippen LogP contribution is 2.31. The summed E-state index contributed by atoms with van der Waals surface area (Å²) in [6.45, 7) is 0.0249. The fourth-order valence-electron chi connectivity index (χ4n) is 3.48. The van der Waals surface area contributed by atoms with Gasteiger partial charge in [-0.25, -0.2) is 0 Å². The lowest BCUT2D eigenvalue weighted by Gasteiger charge is -2.24. The van der Waals surface area contributed by atoms with Gasteiger partial charge in [0.05, 0.1) is 7.11 Å². The van der Waals surface area contributed by atoms with E-state index in [4.69, 9.17) is 14.2 Å². The van der Waals surface area contributed by atoms with Crippen molar-refractivity contribution in [3.8, 4) is 5.75 Å². The first kappa shape index (κ1) is 23.7. The van der Waals surface area contributed by atoms with Crippen LogP contribution in [0.1, 0.15) is 29.0 Å². The highest BCUT2D eigenvalue weighted by Gasteiger charge is 2.38. The monoisotopic (exact) mass is 446 g/mol. The molecule has 0 aliphatic carbocycles. The van der Waals surface area contributed by atoms with Crippen LogP contribution in [0.25, 0.3) is 0 Å². The van der Waals surface area contributed by atoms with Crippen molar-refractivity contribution in [2.45, 2.75) is 25.6 Å². The summed E-state index contributed by atoms with van der Waals surface area (Å²) < 4.78 is 16.1. The fourth-order valence-corrected chi connectivity index (χ4v) is 3.48. The Balaban J connectivity index is 1.84. The van der Waals surface area contributed by atoms with Gasteiger partial charge in [0, 0.05) is 12.3 Å². The van der Waals surface area contributed by atoms with E-state index in [0.29, 0.717) is 17.6 Å². The number of ether oxygens (including phenoxy) is 3. The van der Waals surface area contributed by atoms with Crippen LogP contribution in [0, 0.1) is 5.92 Å². The maximum absolute atomic E-state index is 13.1. The average Bonchev–Trinajstić information content (AvgIpc) is 2.87. The van der Waals surface area contributed by atoms with Crippen molar-refractivity contribution in [2.24, 2.45) is 5.92 Å². The van der Waals surface area contributed by atoms with Crippen LogP contribution in [-0.4, -0.2) is 25.3 Å². The van der Waals surface area contributed by atoms with Gasteiger partial charge in [0.2, 0.25) is 0 Å². The van der Waals surface area contributed by atoms with E-state index in [2.05, 4.69) is 0 Å². The second-order valence-corrected chi connectivity index (χ2v) is 7.45. The largest absolute Gasteiger partial charge is 0.497 e. The topological polar surface area (TPSA) is 78.9 Å². The Morgan fingerprint density at radius 1 is 0.758 bits per heavy atom. The van der Waals surface area contributed by atoms with Crippen LogP contribution in [0.5, 0.6) is 5.75 Å². The SMILES string of the molecule is COc1ccc([C@H](CC=O)C(C(=O)OCc2ccccc2)C(=O)OCc2ccccc2)cc1. The van der Waals surface area contributed by atoms with Crippen molar-refractivity contribution in [3.63, 3.8) is 0 Å². The third kappa shape index (κ3) is 6.77. The number of carbonyl (C=O) groups is 3. The maximum atomic E-state index is 13.1. The summed E-state index contributed by atoms with van der Waals surface area (Å²) in [5.41, 5.74) is 2.22. The minimum atomic E-state index is -1.30. The Bertz CT molecular complexity index is 976. The molecule has 3 rings (SSSR count). The van der Waals surface area contributed by atoms with Gasteiger partial charge in [-0.3, -0.25) is 9.59 Å². The fraction of sp³-hybridized carbons (Fsp3) is 0.222. The summed E-state index contributed by atoms with van der Waals surface area (Å²) in [5, 5.41) is 0. The number of aldehydes is 1. The van der Waals surface area contributed by atoms with Gasteiger partial charge in [-0.15, -0.1) is 0 Å². The minimum Gasteiger partial charge on any atom is -0.497 e. The second kappa shape index (κ2) is 12.2. The molecule has 0 fully saturated rings. The van der Waals surface area contributed by atoms with Crippen LogP contribution in [0.2, 0.25) is 0 Å². The quantitative estimate of drug-likeness (QED) is 0.246. The first-order valence-corrected chi connectivity index (χ1v) is 10.6. The Morgan fingerprint density at radius 2 is 1.24 bits per heavy atom. The molecule has 0 amide bonds. The lowest BCUT2D eigenvalue weighted by Crippen LogP contribution is -2.33. The first-order chi connectivity index (χ1) is 16.1. The highest BCUT2D eigenvalue weighted by atomic mass is 16.6. The molecule has 0 radical (unpaired) electrons. The van der Waals surface area contributed by atoms with E-state index >= 15 is 0 Å². The van der Waals surface area contributed by atoms with Crippen LogP contribution in [0.4, 0.5) is 0 Å². The molecule has 6 nitrogen and oxygen atoms in total. The Hall–Kier alpha value is -3.93. The van der Waals surface area contributed by atoms with E-state index in [9.17, 15) is 14.4 Å². The summed E-state index contributed by atoms with van der Waals surface area (Å²) in [4.78, 5) is 37.7. The molecule has 0 aliphatic rings. The Kier molecular flexibility index (Phi) is 8.77. The summed E-state index contributed by atoms with van der Waals surface area (Å²) >= 11 is 0. The summed E-state index contributed by atoms with van der Waals surface area (Å²) in [6.07, 6.45) is 0.648. The molecule has 0 N–H and O–H groups in total. The molecule has 0 saturated heterocycles. The van der Waals surface area contributed by atoms with Gasteiger partial charge in [0.1, 0.15) is 25.2 Å². The molecule has 0 heterocycles. The van der Waals surface area contributed by atoms with E-state index in [1.807, 2.05) is 60.7 Å². The molecule has 0 spiro atoms. The zero-order chi connectivity index (χ0) is 23.5. The molecule has 6 heteroatoms. The maximum Gasteiger partial charge on any atom is 0.321 e. The molecule has 0 unspecified atom stereocenters. The molecule has 33 heavy (non-hydrogen) atoms. The van der Waals surface area contributed by atoms with E-state index in [1.165, 1.54) is 0 Å². The molecule has 0 bridgehead atoms. The van der Waals surface area contributed by atoms with E-state index in [1.54, 1.807) is 31.4 Å². The van der Waals surface area contributed by atoms with Crippen molar-refractivity contribution in [2.75, 3.05) is 7.11 Å². The molecule has 0 aromatic heterocycles. The predicted octanol–water partition coefficient (Wildman–Crippen LogP) is 4.47. The first-order valence-electron chi connectivity index (χ1n) is 10.6. The van der Waals surface area contributed by atoms with Crippen molar-refractivity contribution in [1.82, 2.24) is 0 Å². The normalized spacial score (nSPS) is 11.5. The van der Waals surface area contributed by atoms with Gasteiger partial charge in [-0.05, 0) is 28.8 Å². The van der Waals surface area contributed by atoms with Gasteiger partial charge in [0.25, 0.3) is 0 Å². The molecule has 3 aromatic carbocycles. The van der Waals surface area contributed by atoms with Gasteiger partial charge >= 0.3 is 11.9 Å². The molecule has 0 aliphatic heterocycles. The van der Waals surface area contributed by atoms with Crippen LogP contribution in [-0.2, 0) is 37.1 Å². The van der Waals surface area contributed by atoms with Crippen molar-refractivity contribution >= 4 is 18.2 Å². The van der Waals surface area contributed by atoms with E-state index < -0.39 is 23.8 Å². The lowest BCUT2D eigenvalue weighted by molar-refractivity contribution is -0.165. The van der Waals surface area contributed by atoms with Crippen LogP contribution < -0.4 is 4.74 Å². The number of methoxy groups -OCH3 is 1. The standard InChI is InChI=1S/C27H26O6/c1-31-23-14-12-22(13-15-23)24(16-17-28)25(26(29)32-18-20-8-4-2-5-9-20)27(30)33-19-21-10-6-3-7-11-21/h2-15,17,24-25H,16,18-19H2,1H3/t24-/m0/s1. The van der Waals surface area contributed by atoms with E-state index in [0.717, 1.165) is 11.1 Å². The third-order valence-corrected chi connectivity index (χ3v) is 5.25. The number of hydrogen-bond acceptors (Lipinski definition) is 6. The molecular formula is C27H26O6. The number of benzene rings is 3. The summed E-state index contributed by atoms with van der Waals surface area (Å²) in [6, 6.07) is 25.2. The smallest absolute Gasteiger partial charge is 0.321 e. The van der Waals surface area contributed by atoms with Crippen molar-refractivity contribution in [3.05, 3.63) is 102 Å². The highest BCUT2D eigenvalue weighted by molar-refractivity contribution is 5.96. The third-order valence-electron chi connectivity index (χ3n) is 5.25. The van der Waals surface area contributed by atoms with Gasteiger partial charge in [-0.2, -0.15) is 0 Å². The minimum absolute atomic E-state index is 0.0125. The Morgan fingerprint density at radius 3 is 1.67 bits per heavy atom. The zero-order valence-corrected chi connectivity index (χ0v) is 18.4. The van der Waals surface area contributed by atoms with Crippen LogP contribution in [0.15, 0.2) is 84.9 Å². The summed E-state index contributed by atoms with van der Waals surface area (Å²) in [5.74, 6) is -2.88. The number of rotatable bonds is 11. The number of carbonyl (C=O) groups excluding carboxylic acids is 3. The Labute approximate surface area is 193 Å². The van der Waals surface area contributed by atoms with Gasteiger partial charge in [-0.1, -0.05) is 72.8 Å². The predicted molar refractivity (Wildman–Crippen MR) is 122 cm³/mol. The second-order valence-electron chi connectivity index (χ2n) is 7.45. The van der Waals surface area contributed by atoms with Crippen molar-refractivity contribution in [1.29, 1.82) is 0 Å². The van der Waals surface area contributed by atoms with Gasteiger partial charge < -0.3 is 19.0 Å². The molecular weight excluding hydrogens is 420 g/mol. The average molecular weight is 446 g/mol. The number of esters is 2. The molecule has 0 saturated carbocycles.